The summed E-state index contributed by atoms with van der Waals surface area (Å²) in [7, 11) is 0. The van der Waals surface area contributed by atoms with Gasteiger partial charge in [0.25, 0.3) is 0 Å². The number of aromatic nitrogens is 1. The number of piperidine rings is 1. The first-order chi connectivity index (χ1) is 16.8. The van der Waals surface area contributed by atoms with Crippen molar-refractivity contribution in [3.8, 4) is 5.88 Å². The molecule has 3 rings (SSSR count). The first-order valence-electron chi connectivity index (χ1n) is 10.7. The number of carbonyl (C=O) groups is 2. The number of urea groups is 1. The lowest BCUT2D eigenvalue weighted by molar-refractivity contribution is -0.205. The van der Waals surface area contributed by atoms with Crippen LogP contribution in [0.5, 0.6) is 5.88 Å². The normalized spacial score (nSPS) is 17.3. The van der Waals surface area contributed by atoms with Gasteiger partial charge in [0.1, 0.15) is 5.69 Å². The van der Waals surface area contributed by atoms with Crippen molar-refractivity contribution in [1.29, 1.82) is 0 Å². The summed E-state index contributed by atoms with van der Waals surface area (Å²) in [5.41, 5.74) is 3.91. The van der Waals surface area contributed by atoms with Crippen molar-refractivity contribution < 1.29 is 45.4 Å². The number of nitrogens with zero attached hydrogens (tertiary/aromatic N) is 2. The summed E-state index contributed by atoms with van der Waals surface area (Å²) in [4.78, 5) is 28.4. The smallest absolute Gasteiger partial charge is 0.477 e. The van der Waals surface area contributed by atoms with Crippen molar-refractivity contribution >= 4 is 17.7 Å². The van der Waals surface area contributed by atoms with Crippen LogP contribution in [0, 0.1) is 5.92 Å². The Hall–Kier alpha value is -3.55. The SMILES string of the molecule is NC(OC(=O)C(F)(F)F)c1cc(OC[C@H]2CCCN(C(=O)Nc3ccccc3)C2)nc(C(F)(F)F)c1. The molecular weight excluding hydrogens is 498 g/mol. The summed E-state index contributed by atoms with van der Waals surface area (Å²) in [6, 6.07) is 9.65. The lowest BCUT2D eigenvalue weighted by atomic mass is 9.99. The van der Waals surface area contributed by atoms with Crippen LogP contribution in [0.15, 0.2) is 42.5 Å². The van der Waals surface area contributed by atoms with Gasteiger partial charge in [-0.05, 0) is 31.0 Å². The van der Waals surface area contributed by atoms with Gasteiger partial charge in [-0.15, -0.1) is 0 Å². The third-order valence-electron chi connectivity index (χ3n) is 5.21. The summed E-state index contributed by atoms with van der Waals surface area (Å²) >= 11 is 0. The number of rotatable bonds is 6. The first-order valence-corrected chi connectivity index (χ1v) is 10.7. The molecule has 0 spiro atoms. The van der Waals surface area contributed by atoms with E-state index >= 15 is 0 Å². The van der Waals surface area contributed by atoms with Gasteiger partial charge in [-0.2, -0.15) is 26.3 Å². The van der Waals surface area contributed by atoms with Gasteiger partial charge in [0.15, 0.2) is 6.23 Å². The maximum atomic E-state index is 13.3. The highest BCUT2D eigenvalue weighted by molar-refractivity contribution is 5.89. The van der Waals surface area contributed by atoms with Crippen LogP contribution in [-0.2, 0) is 15.7 Å². The minimum absolute atomic E-state index is 0.125. The molecule has 1 aromatic heterocycles. The number of nitrogens with one attached hydrogen (secondary N) is 1. The molecule has 8 nitrogen and oxygen atoms in total. The van der Waals surface area contributed by atoms with Crippen molar-refractivity contribution in [2.75, 3.05) is 25.0 Å². The number of para-hydroxylation sites is 1. The van der Waals surface area contributed by atoms with Gasteiger partial charge in [0.2, 0.25) is 5.88 Å². The fourth-order valence-electron chi connectivity index (χ4n) is 3.47. The Balaban J connectivity index is 1.67. The second-order valence-electron chi connectivity index (χ2n) is 8.01. The molecule has 36 heavy (non-hydrogen) atoms. The minimum atomic E-state index is -5.38. The molecular formula is C22H22F6N4O4. The van der Waals surface area contributed by atoms with Crippen LogP contribution in [0.4, 0.5) is 36.8 Å². The highest BCUT2D eigenvalue weighted by atomic mass is 19.4. The van der Waals surface area contributed by atoms with E-state index in [4.69, 9.17) is 10.5 Å². The molecule has 1 unspecified atom stereocenters. The third-order valence-corrected chi connectivity index (χ3v) is 5.21. The van der Waals surface area contributed by atoms with E-state index < -0.39 is 41.7 Å². The number of likely N-dealkylation sites (tertiary alicyclic amines) is 1. The number of anilines is 1. The van der Waals surface area contributed by atoms with E-state index in [1.807, 2.05) is 0 Å². The predicted octanol–water partition coefficient (Wildman–Crippen LogP) is 4.49. The number of pyridine rings is 1. The largest absolute Gasteiger partial charge is 0.490 e. The van der Waals surface area contributed by atoms with Gasteiger partial charge < -0.3 is 19.7 Å². The number of esters is 1. The number of hydrogen-bond acceptors (Lipinski definition) is 6. The second-order valence-corrected chi connectivity index (χ2v) is 8.01. The number of halogens is 6. The Morgan fingerprint density at radius 1 is 1.14 bits per heavy atom. The molecule has 0 aliphatic carbocycles. The monoisotopic (exact) mass is 520 g/mol. The van der Waals surface area contributed by atoms with Crippen LogP contribution in [0.25, 0.3) is 0 Å². The summed E-state index contributed by atoms with van der Waals surface area (Å²) in [5, 5.41) is 2.75. The molecule has 3 N–H and O–H groups in total. The van der Waals surface area contributed by atoms with E-state index in [0.717, 1.165) is 6.07 Å². The fraction of sp³-hybridized carbons (Fsp3) is 0.409. The Labute approximate surface area is 201 Å². The number of amides is 2. The molecule has 2 aromatic rings. The van der Waals surface area contributed by atoms with Crippen LogP contribution in [0.2, 0.25) is 0 Å². The average Bonchev–Trinajstić information content (AvgIpc) is 2.82. The van der Waals surface area contributed by atoms with Crippen LogP contribution >= 0.6 is 0 Å². The highest BCUT2D eigenvalue weighted by Gasteiger charge is 2.42. The lowest BCUT2D eigenvalue weighted by Crippen LogP contribution is -2.43. The molecule has 2 atom stereocenters. The number of hydrogen-bond donors (Lipinski definition) is 2. The fourth-order valence-corrected chi connectivity index (χ4v) is 3.47. The first kappa shape index (κ1) is 27.0. The average molecular weight is 520 g/mol. The van der Waals surface area contributed by atoms with Crippen LogP contribution in [-0.4, -0.2) is 47.8 Å². The summed E-state index contributed by atoms with van der Waals surface area (Å²) in [6.45, 7) is 0.605. The van der Waals surface area contributed by atoms with E-state index in [1.165, 1.54) is 0 Å². The molecule has 0 bridgehead atoms. The Bertz CT molecular complexity index is 1060. The van der Waals surface area contributed by atoms with Gasteiger partial charge in [-0.25, -0.2) is 14.6 Å². The molecule has 0 saturated carbocycles. The molecule has 0 radical (unpaired) electrons. The zero-order chi connectivity index (χ0) is 26.5. The van der Waals surface area contributed by atoms with Crippen LogP contribution < -0.4 is 15.8 Å². The second kappa shape index (κ2) is 11.0. The molecule has 2 heterocycles. The Kier molecular flexibility index (Phi) is 8.28. The van der Waals surface area contributed by atoms with Gasteiger partial charge >= 0.3 is 24.4 Å². The highest BCUT2D eigenvalue weighted by Crippen LogP contribution is 2.32. The van der Waals surface area contributed by atoms with E-state index in [0.29, 0.717) is 31.1 Å². The van der Waals surface area contributed by atoms with Gasteiger partial charge in [-0.1, -0.05) is 18.2 Å². The summed E-state index contributed by atoms with van der Waals surface area (Å²) in [5.74, 6) is -3.47. The van der Waals surface area contributed by atoms with E-state index in [2.05, 4.69) is 15.0 Å². The number of nitrogens with two attached hydrogens (primary N) is 1. The number of benzene rings is 1. The quantitative estimate of drug-likeness (QED) is 0.330. The van der Waals surface area contributed by atoms with Crippen molar-refractivity contribution in [3.63, 3.8) is 0 Å². The van der Waals surface area contributed by atoms with Crippen LogP contribution in [0.3, 0.4) is 0 Å². The van der Waals surface area contributed by atoms with E-state index in [9.17, 15) is 35.9 Å². The van der Waals surface area contributed by atoms with Crippen molar-refractivity contribution in [2.45, 2.75) is 31.4 Å². The Morgan fingerprint density at radius 3 is 2.47 bits per heavy atom. The molecule has 196 valence electrons. The molecule has 2 amide bonds. The van der Waals surface area contributed by atoms with Gasteiger partial charge in [0, 0.05) is 36.3 Å². The van der Waals surface area contributed by atoms with Crippen molar-refractivity contribution in [2.24, 2.45) is 11.7 Å². The van der Waals surface area contributed by atoms with E-state index in [-0.39, 0.29) is 25.1 Å². The Morgan fingerprint density at radius 2 is 1.83 bits per heavy atom. The van der Waals surface area contributed by atoms with Crippen LogP contribution in [0.1, 0.15) is 30.3 Å². The van der Waals surface area contributed by atoms with Crippen molar-refractivity contribution in [3.05, 3.63) is 53.7 Å². The molecule has 1 aliphatic heterocycles. The van der Waals surface area contributed by atoms with E-state index in [1.54, 1.807) is 35.2 Å². The molecule has 1 aromatic carbocycles. The zero-order valence-corrected chi connectivity index (χ0v) is 18.6. The maximum absolute atomic E-state index is 13.3. The molecule has 1 fully saturated rings. The third kappa shape index (κ3) is 7.47. The van der Waals surface area contributed by atoms with Gasteiger partial charge in [-0.3, -0.25) is 5.73 Å². The molecule has 14 heteroatoms. The molecule has 1 saturated heterocycles. The topological polar surface area (TPSA) is 107 Å². The zero-order valence-electron chi connectivity index (χ0n) is 18.6. The maximum Gasteiger partial charge on any atom is 0.490 e. The standard InChI is InChI=1S/C22H22F6N4O4/c23-21(24,25)16-9-14(18(29)36-19(33)22(26,27)28)10-17(31-16)35-12-13-5-4-8-32(11-13)20(34)30-15-6-2-1-3-7-15/h1-3,6-7,9-10,13,18H,4-5,8,11-12,29H2,(H,30,34)/t13-,18?/m0/s1. The number of carbonyl (C=O) groups excluding carboxylic acids is 2. The lowest BCUT2D eigenvalue weighted by Gasteiger charge is -2.32. The predicted molar refractivity (Wildman–Crippen MR) is 114 cm³/mol. The molecule has 1 aliphatic rings. The number of alkyl halides is 6. The summed E-state index contributed by atoms with van der Waals surface area (Å²) < 4.78 is 86.6. The van der Waals surface area contributed by atoms with Crippen molar-refractivity contribution in [1.82, 2.24) is 9.88 Å². The minimum Gasteiger partial charge on any atom is -0.477 e. The summed E-state index contributed by atoms with van der Waals surface area (Å²) in [6.07, 6.45) is -11.3. The number of ether oxygens (including phenoxy) is 2. The van der Waals surface area contributed by atoms with Gasteiger partial charge in [0.05, 0.1) is 6.61 Å².